The quantitative estimate of drug-likeness (QED) is 0.678. The molecule has 0 aromatic heterocycles. The van der Waals surface area contributed by atoms with Crippen molar-refractivity contribution < 1.29 is 9.53 Å². The molecule has 1 heterocycles. The van der Waals surface area contributed by atoms with Crippen molar-refractivity contribution in [2.45, 2.75) is 26.3 Å². The Morgan fingerprint density at radius 3 is 2.71 bits per heavy atom. The second-order valence-corrected chi connectivity index (χ2v) is 4.66. The van der Waals surface area contributed by atoms with E-state index < -0.39 is 0 Å². The second kappa shape index (κ2) is 7.63. The van der Waals surface area contributed by atoms with Crippen LogP contribution in [0.25, 0.3) is 0 Å². The number of carbonyl (C=O) groups is 1. The predicted octanol–water partition coefficient (Wildman–Crippen LogP) is -0.192. The third-order valence-corrected chi connectivity index (χ3v) is 3.39. The average Bonchev–Trinajstić information content (AvgIpc) is 2.38. The molecule has 5 nitrogen and oxygen atoms in total. The Bertz CT molecular complexity index is 230. The fourth-order valence-electron chi connectivity index (χ4n) is 1.79. The number of hydrogen-bond acceptors (Lipinski definition) is 4. The minimum Gasteiger partial charge on any atom is -0.379 e. The lowest BCUT2D eigenvalue weighted by molar-refractivity contribution is -0.123. The van der Waals surface area contributed by atoms with Crippen molar-refractivity contribution in [1.29, 1.82) is 0 Å². The zero-order valence-electron chi connectivity index (χ0n) is 10.9. The number of amides is 1. The van der Waals surface area contributed by atoms with Gasteiger partial charge in [-0.05, 0) is 5.92 Å². The van der Waals surface area contributed by atoms with Crippen LogP contribution in [0.4, 0.5) is 0 Å². The van der Waals surface area contributed by atoms with E-state index in [1.165, 1.54) is 0 Å². The van der Waals surface area contributed by atoms with Crippen LogP contribution in [0.5, 0.6) is 0 Å². The van der Waals surface area contributed by atoms with Crippen molar-refractivity contribution >= 4 is 5.91 Å². The van der Waals surface area contributed by atoms with E-state index in [9.17, 15) is 4.79 Å². The SMILES string of the molecule is CC[C@@H](C)[C@@H](N)C(=O)NCCN1CCOCC1. The van der Waals surface area contributed by atoms with Gasteiger partial charge in [-0.2, -0.15) is 0 Å². The lowest BCUT2D eigenvalue weighted by Crippen LogP contribution is -2.47. The highest BCUT2D eigenvalue weighted by Gasteiger charge is 2.19. The largest absolute Gasteiger partial charge is 0.379 e. The summed E-state index contributed by atoms with van der Waals surface area (Å²) >= 11 is 0. The summed E-state index contributed by atoms with van der Waals surface area (Å²) < 4.78 is 5.26. The molecule has 0 unspecified atom stereocenters. The van der Waals surface area contributed by atoms with Gasteiger partial charge in [0.2, 0.25) is 5.91 Å². The third kappa shape index (κ3) is 5.02. The molecule has 17 heavy (non-hydrogen) atoms. The van der Waals surface area contributed by atoms with Crippen LogP contribution in [0.1, 0.15) is 20.3 Å². The Balaban J connectivity index is 2.14. The summed E-state index contributed by atoms with van der Waals surface area (Å²) in [6.45, 7) is 9.09. The lowest BCUT2D eigenvalue weighted by Gasteiger charge is -2.27. The molecule has 0 aromatic rings. The first-order chi connectivity index (χ1) is 8.15. The molecule has 1 aliphatic heterocycles. The number of ether oxygens (including phenoxy) is 1. The molecule has 3 N–H and O–H groups in total. The molecule has 5 heteroatoms. The van der Waals surface area contributed by atoms with Gasteiger partial charge < -0.3 is 15.8 Å². The maximum Gasteiger partial charge on any atom is 0.237 e. The smallest absolute Gasteiger partial charge is 0.237 e. The highest BCUT2D eigenvalue weighted by Crippen LogP contribution is 2.04. The number of rotatable bonds is 6. The number of nitrogens with zero attached hydrogens (tertiary/aromatic N) is 1. The Hall–Kier alpha value is -0.650. The van der Waals surface area contributed by atoms with E-state index in [4.69, 9.17) is 10.5 Å². The van der Waals surface area contributed by atoms with Gasteiger partial charge in [0.05, 0.1) is 19.3 Å². The van der Waals surface area contributed by atoms with Crippen LogP contribution < -0.4 is 11.1 Å². The summed E-state index contributed by atoms with van der Waals surface area (Å²) in [4.78, 5) is 14.0. The monoisotopic (exact) mass is 243 g/mol. The maximum absolute atomic E-state index is 11.7. The summed E-state index contributed by atoms with van der Waals surface area (Å²) in [7, 11) is 0. The van der Waals surface area contributed by atoms with Gasteiger partial charge in [-0.25, -0.2) is 0 Å². The number of nitrogens with one attached hydrogen (secondary N) is 1. The molecule has 100 valence electrons. The summed E-state index contributed by atoms with van der Waals surface area (Å²) in [6, 6.07) is -0.385. The van der Waals surface area contributed by atoms with E-state index in [0.717, 1.165) is 39.3 Å². The Labute approximate surface area is 104 Å². The molecule has 1 saturated heterocycles. The Kier molecular flexibility index (Phi) is 6.47. The van der Waals surface area contributed by atoms with E-state index in [-0.39, 0.29) is 17.9 Å². The van der Waals surface area contributed by atoms with Crippen LogP contribution in [0.3, 0.4) is 0 Å². The first kappa shape index (κ1) is 14.4. The van der Waals surface area contributed by atoms with Crippen molar-refractivity contribution in [1.82, 2.24) is 10.2 Å². The van der Waals surface area contributed by atoms with Crippen LogP contribution in [-0.2, 0) is 9.53 Å². The normalized spacial score (nSPS) is 20.9. The first-order valence-corrected chi connectivity index (χ1v) is 6.48. The van der Waals surface area contributed by atoms with Crippen LogP contribution in [0, 0.1) is 5.92 Å². The summed E-state index contributed by atoms with van der Waals surface area (Å²) in [5.41, 5.74) is 5.84. The van der Waals surface area contributed by atoms with E-state index in [1.807, 2.05) is 13.8 Å². The van der Waals surface area contributed by atoms with Crippen LogP contribution in [0.15, 0.2) is 0 Å². The second-order valence-electron chi connectivity index (χ2n) is 4.66. The van der Waals surface area contributed by atoms with E-state index in [2.05, 4.69) is 10.2 Å². The molecule has 0 bridgehead atoms. The van der Waals surface area contributed by atoms with Gasteiger partial charge in [0.15, 0.2) is 0 Å². The van der Waals surface area contributed by atoms with Crippen molar-refractivity contribution in [3.8, 4) is 0 Å². The van der Waals surface area contributed by atoms with Crippen LogP contribution in [-0.4, -0.2) is 56.2 Å². The van der Waals surface area contributed by atoms with Crippen LogP contribution >= 0.6 is 0 Å². The Morgan fingerprint density at radius 2 is 2.12 bits per heavy atom. The number of hydrogen-bond donors (Lipinski definition) is 2. The van der Waals surface area contributed by atoms with Crippen LogP contribution in [0.2, 0.25) is 0 Å². The molecule has 1 amide bonds. The number of carbonyl (C=O) groups excluding carboxylic acids is 1. The van der Waals surface area contributed by atoms with E-state index in [0.29, 0.717) is 6.54 Å². The highest BCUT2D eigenvalue weighted by atomic mass is 16.5. The summed E-state index contributed by atoms with van der Waals surface area (Å²) in [5.74, 6) is 0.200. The van der Waals surface area contributed by atoms with Crippen molar-refractivity contribution in [3.63, 3.8) is 0 Å². The van der Waals surface area contributed by atoms with Gasteiger partial charge in [0.1, 0.15) is 0 Å². The van der Waals surface area contributed by atoms with Gasteiger partial charge in [-0.3, -0.25) is 9.69 Å². The number of morpholine rings is 1. The lowest BCUT2D eigenvalue weighted by atomic mass is 9.99. The molecule has 0 radical (unpaired) electrons. The zero-order valence-corrected chi connectivity index (χ0v) is 10.9. The van der Waals surface area contributed by atoms with E-state index >= 15 is 0 Å². The molecule has 1 rings (SSSR count). The van der Waals surface area contributed by atoms with Crippen molar-refractivity contribution in [2.24, 2.45) is 11.7 Å². The molecule has 1 aliphatic rings. The zero-order chi connectivity index (χ0) is 12.7. The minimum atomic E-state index is -0.385. The molecule has 2 atom stereocenters. The molecule has 1 fully saturated rings. The van der Waals surface area contributed by atoms with Gasteiger partial charge in [-0.15, -0.1) is 0 Å². The first-order valence-electron chi connectivity index (χ1n) is 6.48. The predicted molar refractivity (Wildman–Crippen MR) is 67.7 cm³/mol. The third-order valence-electron chi connectivity index (χ3n) is 3.39. The highest BCUT2D eigenvalue weighted by molar-refractivity contribution is 5.81. The fraction of sp³-hybridized carbons (Fsp3) is 0.917. The van der Waals surface area contributed by atoms with Gasteiger partial charge in [0, 0.05) is 26.2 Å². The number of nitrogens with two attached hydrogens (primary N) is 1. The molecular formula is C12H25N3O2. The topological polar surface area (TPSA) is 67.6 Å². The minimum absolute atomic E-state index is 0.0346. The van der Waals surface area contributed by atoms with E-state index in [1.54, 1.807) is 0 Å². The summed E-state index contributed by atoms with van der Waals surface area (Å²) in [6.07, 6.45) is 0.929. The van der Waals surface area contributed by atoms with Gasteiger partial charge >= 0.3 is 0 Å². The van der Waals surface area contributed by atoms with Gasteiger partial charge in [0.25, 0.3) is 0 Å². The summed E-state index contributed by atoms with van der Waals surface area (Å²) in [5, 5.41) is 2.90. The average molecular weight is 243 g/mol. The van der Waals surface area contributed by atoms with Crippen molar-refractivity contribution in [3.05, 3.63) is 0 Å². The molecule has 0 aromatic carbocycles. The van der Waals surface area contributed by atoms with Gasteiger partial charge in [-0.1, -0.05) is 20.3 Å². The Morgan fingerprint density at radius 1 is 1.47 bits per heavy atom. The molecule has 0 spiro atoms. The maximum atomic E-state index is 11.7. The standard InChI is InChI=1S/C12H25N3O2/c1-3-10(2)11(13)12(16)14-4-5-15-6-8-17-9-7-15/h10-11H,3-9,13H2,1-2H3,(H,14,16)/t10-,11-/m1/s1. The molecule has 0 saturated carbocycles. The molecular weight excluding hydrogens is 218 g/mol. The molecule has 0 aliphatic carbocycles. The fourth-order valence-corrected chi connectivity index (χ4v) is 1.79. The van der Waals surface area contributed by atoms with Crippen molar-refractivity contribution in [2.75, 3.05) is 39.4 Å².